The Morgan fingerprint density at radius 1 is 1.56 bits per heavy atom. The first kappa shape index (κ1) is 13.9. The van der Waals surface area contributed by atoms with Crippen LogP contribution in [0, 0.1) is 11.7 Å². The largest absolute Gasteiger partial charge is 0.263 e. The summed E-state index contributed by atoms with van der Waals surface area (Å²) in [5.41, 5.74) is 0. The van der Waals surface area contributed by atoms with Crippen molar-refractivity contribution in [3.05, 3.63) is 24.1 Å². The molecule has 0 bridgehead atoms. The molecule has 4 nitrogen and oxygen atoms in total. The smallest absolute Gasteiger partial charge is 0.241 e. The number of hydrogen-bond acceptors (Lipinski definition) is 3. The Kier molecular flexibility index (Phi) is 4.03. The zero-order valence-electron chi connectivity index (χ0n) is 9.88. The molecule has 1 saturated heterocycles. The van der Waals surface area contributed by atoms with E-state index in [9.17, 15) is 12.8 Å². The van der Waals surface area contributed by atoms with Crippen molar-refractivity contribution in [3.63, 3.8) is 0 Å². The van der Waals surface area contributed by atoms with Gasteiger partial charge in [0, 0.05) is 24.1 Å². The Hall–Kier alpha value is -0.530. The van der Waals surface area contributed by atoms with E-state index in [0.29, 0.717) is 19.0 Å². The van der Waals surface area contributed by atoms with E-state index >= 15 is 0 Å². The van der Waals surface area contributed by atoms with Crippen molar-refractivity contribution in [1.82, 2.24) is 9.29 Å². The Morgan fingerprint density at radius 2 is 2.28 bits per heavy atom. The van der Waals surface area contributed by atoms with Crippen molar-refractivity contribution in [2.45, 2.75) is 23.2 Å². The summed E-state index contributed by atoms with van der Waals surface area (Å²) in [6.07, 6.45) is 2.04. The predicted molar refractivity (Wildman–Crippen MR) is 69.4 cm³/mol. The second-order valence-electron chi connectivity index (χ2n) is 4.44. The molecule has 0 saturated carbocycles. The molecule has 2 unspecified atom stereocenters. The molecule has 0 aromatic carbocycles. The lowest BCUT2D eigenvalue weighted by Gasteiger charge is -2.33. The van der Waals surface area contributed by atoms with E-state index in [1.165, 1.54) is 16.6 Å². The van der Waals surface area contributed by atoms with Gasteiger partial charge in [-0.05, 0) is 24.5 Å². The summed E-state index contributed by atoms with van der Waals surface area (Å²) in [5.74, 6) is -0.396. The second-order valence-corrected chi connectivity index (χ2v) is 7.46. The maximum absolute atomic E-state index is 13.5. The quantitative estimate of drug-likeness (QED) is 0.776. The van der Waals surface area contributed by atoms with Gasteiger partial charge in [0.15, 0.2) is 5.82 Å². The minimum absolute atomic E-state index is 0.0906. The first-order chi connectivity index (χ1) is 8.43. The highest BCUT2D eigenvalue weighted by Crippen LogP contribution is 2.27. The molecule has 1 aliphatic heterocycles. The van der Waals surface area contributed by atoms with Gasteiger partial charge < -0.3 is 0 Å². The van der Waals surface area contributed by atoms with E-state index in [0.717, 1.165) is 12.5 Å². The molecule has 1 fully saturated rings. The van der Waals surface area contributed by atoms with Gasteiger partial charge in [0.05, 0.1) is 0 Å². The summed E-state index contributed by atoms with van der Waals surface area (Å²) in [6, 6.07) is 2.48. The molecule has 0 aliphatic carbocycles. The molecule has 2 heterocycles. The third-order valence-electron chi connectivity index (χ3n) is 3.14. The number of alkyl halides is 1. The van der Waals surface area contributed by atoms with E-state index in [1.807, 2.05) is 0 Å². The lowest BCUT2D eigenvalue weighted by Crippen LogP contribution is -2.44. The van der Waals surface area contributed by atoms with Gasteiger partial charge in [0.25, 0.3) is 10.0 Å². The molecular formula is C11H14BrFN2O2S. The standard InChI is InChI=1S/C11H14BrFN2O2S/c1-8-4-6-15(7-9(8)12)18(16,17)11-10(13)3-2-5-14-11/h2-3,5,8-9H,4,6-7H2,1H3. The SMILES string of the molecule is CC1CCN(S(=O)(=O)c2ncccc2F)CC1Br. The van der Waals surface area contributed by atoms with Crippen LogP contribution in [0.1, 0.15) is 13.3 Å². The summed E-state index contributed by atoms with van der Waals surface area (Å²) in [4.78, 5) is 3.74. The van der Waals surface area contributed by atoms with Crippen molar-refractivity contribution in [1.29, 1.82) is 0 Å². The van der Waals surface area contributed by atoms with Gasteiger partial charge in [0.1, 0.15) is 0 Å². The van der Waals surface area contributed by atoms with Gasteiger partial charge in [-0.3, -0.25) is 0 Å². The zero-order chi connectivity index (χ0) is 13.3. The predicted octanol–water partition coefficient (Wildman–Crippen LogP) is 2.01. The Bertz CT molecular complexity index is 538. The normalized spacial score (nSPS) is 26.2. The summed E-state index contributed by atoms with van der Waals surface area (Å²) in [6.45, 7) is 2.81. The molecule has 18 heavy (non-hydrogen) atoms. The fourth-order valence-corrected chi connectivity index (χ4v) is 4.16. The van der Waals surface area contributed by atoms with Crippen molar-refractivity contribution in [2.75, 3.05) is 13.1 Å². The minimum atomic E-state index is -3.83. The van der Waals surface area contributed by atoms with E-state index in [4.69, 9.17) is 0 Å². The summed E-state index contributed by atoms with van der Waals surface area (Å²) < 4.78 is 39.3. The lowest BCUT2D eigenvalue weighted by molar-refractivity contribution is 0.298. The van der Waals surface area contributed by atoms with Crippen LogP contribution in [0.2, 0.25) is 0 Å². The summed E-state index contributed by atoms with van der Waals surface area (Å²) >= 11 is 3.46. The molecule has 0 spiro atoms. The average molecular weight is 337 g/mol. The van der Waals surface area contributed by atoms with Crippen LogP contribution in [0.3, 0.4) is 0 Å². The minimum Gasteiger partial charge on any atom is -0.241 e. The van der Waals surface area contributed by atoms with Crippen LogP contribution in [0.25, 0.3) is 0 Å². The maximum Gasteiger partial charge on any atom is 0.263 e. The van der Waals surface area contributed by atoms with Crippen LogP contribution >= 0.6 is 15.9 Å². The molecule has 0 radical (unpaired) electrons. The van der Waals surface area contributed by atoms with Gasteiger partial charge in [0.2, 0.25) is 5.03 Å². The van der Waals surface area contributed by atoms with E-state index < -0.39 is 20.9 Å². The number of piperidine rings is 1. The van der Waals surface area contributed by atoms with Crippen molar-refractivity contribution in [3.8, 4) is 0 Å². The second kappa shape index (κ2) is 5.22. The molecular weight excluding hydrogens is 323 g/mol. The fraction of sp³-hybridized carbons (Fsp3) is 0.545. The third-order valence-corrected chi connectivity index (χ3v) is 6.13. The molecule has 1 aliphatic rings. The highest BCUT2D eigenvalue weighted by molar-refractivity contribution is 9.09. The number of sulfonamides is 1. The number of halogens is 2. The first-order valence-corrected chi connectivity index (χ1v) is 8.03. The summed E-state index contributed by atoms with van der Waals surface area (Å²) in [5, 5.41) is -0.487. The highest BCUT2D eigenvalue weighted by Gasteiger charge is 2.34. The van der Waals surface area contributed by atoms with Crippen LogP contribution in [-0.2, 0) is 10.0 Å². The van der Waals surface area contributed by atoms with Gasteiger partial charge in [-0.1, -0.05) is 22.9 Å². The molecule has 2 atom stereocenters. The molecule has 0 amide bonds. The van der Waals surface area contributed by atoms with Crippen molar-refractivity contribution < 1.29 is 12.8 Å². The van der Waals surface area contributed by atoms with E-state index in [2.05, 4.69) is 27.8 Å². The van der Waals surface area contributed by atoms with Gasteiger partial charge in [-0.15, -0.1) is 0 Å². The van der Waals surface area contributed by atoms with E-state index in [-0.39, 0.29) is 4.83 Å². The molecule has 1 aromatic rings. The number of aromatic nitrogens is 1. The molecule has 7 heteroatoms. The van der Waals surface area contributed by atoms with Crippen LogP contribution in [0.15, 0.2) is 23.4 Å². The highest BCUT2D eigenvalue weighted by atomic mass is 79.9. The molecule has 100 valence electrons. The topological polar surface area (TPSA) is 50.3 Å². The van der Waals surface area contributed by atoms with Crippen LogP contribution < -0.4 is 0 Å². The molecule has 1 aromatic heterocycles. The summed E-state index contributed by atoms with van der Waals surface area (Å²) in [7, 11) is -3.83. The maximum atomic E-state index is 13.5. The van der Waals surface area contributed by atoms with Gasteiger partial charge in [-0.2, -0.15) is 4.31 Å². The van der Waals surface area contributed by atoms with Crippen molar-refractivity contribution in [2.24, 2.45) is 5.92 Å². The fourth-order valence-electron chi connectivity index (χ4n) is 1.90. The number of nitrogens with zero attached hydrogens (tertiary/aromatic N) is 2. The Balaban J connectivity index is 2.30. The van der Waals surface area contributed by atoms with Crippen LogP contribution in [0.4, 0.5) is 4.39 Å². The van der Waals surface area contributed by atoms with E-state index in [1.54, 1.807) is 0 Å². The monoisotopic (exact) mass is 336 g/mol. The molecule has 0 N–H and O–H groups in total. The number of rotatable bonds is 2. The van der Waals surface area contributed by atoms with Gasteiger partial charge >= 0.3 is 0 Å². The van der Waals surface area contributed by atoms with Crippen LogP contribution in [-0.4, -0.2) is 35.6 Å². The first-order valence-electron chi connectivity index (χ1n) is 5.67. The molecule has 2 rings (SSSR count). The average Bonchev–Trinajstić information content (AvgIpc) is 2.33. The number of pyridine rings is 1. The number of hydrogen-bond donors (Lipinski definition) is 0. The lowest BCUT2D eigenvalue weighted by atomic mass is 10.0. The Labute approximate surface area is 114 Å². The third kappa shape index (κ3) is 2.57. The zero-order valence-corrected chi connectivity index (χ0v) is 12.3. The van der Waals surface area contributed by atoms with Crippen LogP contribution in [0.5, 0.6) is 0 Å². The van der Waals surface area contributed by atoms with Gasteiger partial charge in [-0.25, -0.2) is 17.8 Å². The Morgan fingerprint density at radius 3 is 2.89 bits per heavy atom. The van der Waals surface area contributed by atoms with Crippen molar-refractivity contribution >= 4 is 26.0 Å².